The highest BCUT2D eigenvalue weighted by molar-refractivity contribution is 7.99. The summed E-state index contributed by atoms with van der Waals surface area (Å²) in [6.45, 7) is 5.88. The third-order valence-electron chi connectivity index (χ3n) is 5.33. The minimum atomic E-state index is 0.132. The maximum Gasteiger partial charge on any atom is 0.221 e. The highest BCUT2D eigenvalue weighted by atomic mass is 32.2. The summed E-state index contributed by atoms with van der Waals surface area (Å²) in [5, 5.41) is 7.74. The molecule has 2 aliphatic rings. The number of amides is 1. The molecule has 0 radical (unpaired) electrons. The fourth-order valence-corrected chi connectivity index (χ4v) is 4.60. The van der Waals surface area contributed by atoms with Crippen LogP contribution in [0, 0.1) is 0 Å². The van der Waals surface area contributed by atoms with Crippen molar-refractivity contribution >= 4 is 17.7 Å². The van der Waals surface area contributed by atoms with E-state index < -0.39 is 0 Å². The number of carbonyl (C=O) groups excluding carboxylic acids is 1. The average molecular weight is 365 g/mol. The van der Waals surface area contributed by atoms with Gasteiger partial charge in [-0.25, -0.2) is 0 Å². The van der Waals surface area contributed by atoms with Gasteiger partial charge in [-0.15, -0.1) is 0 Å². The van der Waals surface area contributed by atoms with Crippen molar-refractivity contribution in [2.45, 2.75) is 77.5 Å². The van der Waals surface area contributed by atoms with Gasteiger partial charge in [0.05, 0.1) is 17.9 Å². The van der Waals surface area contributed by atoms with Crippen LogP contribution in [0.5, 0.6) is 0 Å². The molecule has 5 nitrogen and oxygen atoms in total. The van der Waals surface area contributed by atoms with Gasteiger partial charge in [-0.1, -0.05) is 26.2 Å². The highest BCUT2D eigenvalue weighted by Crippen LogP contribution is 2.25. The fourth-order valence-electron chi connectivity index (χ4n) is 3.98. The van der Waals surface area contributed by atoms with Gasteiger partial charge in [0, 0.05) is 37.8 Å². The molecule has 1 saturated carbocycles. The number of hydrogen-bond donors (Lipinski definition) is 1. The van der Waals surface area contributed by atoms with Gasteiger partial charge in [-0.3, -0.25) is 14.4 Å². The number of hydrogen-bond acceptors (Lipinski definition) is 4. The van der Waals surface area contributed by atoms with Crippen molar-refractivity contribution in [1.29, 1.82) is 0 Å². The molecule has 0 unspecified atom stereocenters. The van der Waals surface area contributed by atoms with Gasteiger partial charge >= 0.3 is 0 Å². The Kier molecular flexibility index (Phi) is 7.23. The molecule has 1 fully saturated rings. The first kappa shape index (κ1) is 18.8. The monoisotopic (exact) mass is 364 g/mol. The van der Waals surface area contributed by atoms with E-state index in [-0.39, 0.29) is 5.91 Å². The van der Waals surface area contributed by atoms with E-state index in [4.69, 9.17) is 5.10 Å². The second-order valence-corrected chi connectivity index (χ2v) is 8.58. The lowest BCUT2D eigenvalue weighted by Crippen LogP contribution is -2.36. The summed E-state index contributed by atoms with van der Waals surface area (Å²) in [6, 6.07) is 2.96. The molecule has 2 heterocycles. The second-order valence-electron chi connectivity index (χ2n) is 7.19. The van der Waals surface area contributed by atoms with Crippen LogP contribution in [0.1, 0.15) is 63.3 Å². The van der Waals surface area contributed by atoms with E-state index in [1.54, 1.807) is 0 Å². The molecule has 1 amide bonds. The van der Waals surface area contributed by atoms with Crippen LogP contribution in [0.4, 0.5) is 0 Å². The molecule has 1 aliphatic carbocycles. The normalized spacial score (nSPS) is 19.4. The second kappa shape index (κ2) is 9.62. The molecule has 0 bridgehead atoms. The van der Waals surface area contributed by atoms with Crippen molar-refractivity contribution in [3.05, 3.63) is 17.5 Å². The maximum atomic E-state index is 11.9. The number of nitrogens with one attached hydrogen (secondary N) is 1. The number of thioether (sulfide) groups is 1. The number of aryl methyl sites for hydroxylation is 1. The van der Waals surface area contributed by atoms with Crippen LogP contribution in [-0.2, 0) is 24.4 Å². The molecule has 1 aliphatic heterocycles. The molecule has 0 saturated heterocycles. The largest absolute Gasteiger partial charge is 0.350 e. The molecular formula is C19H32N4OS. The third-order valence-corrected chi connectivity index (χ3v) is 6.23. The van der Waals surface area contributed by atoms with Gasteiger partial charge in [-0.05, 0) is 31.1 Å². The van der Waals surface area contributed by atoms with Crippen LogP contribution in [0.3, 0.4) is 0 Å². The van der Waals surface area contributed by atoms with E-state index in [0.29, 0.717) is 13.0 Å². The summed E-state index contributed by atoms with van der Waals surface area (Å²) in [5.74, 6) is 2.10. The van der Waals surface area contributed by atoms with Crippen molar-refractivity contribution in [3.63, 3.8) is 0 Å². The van der Waals surface area contributed by atoms with Crippen LogP contribution in [0.2, 0.25) is 0 Å². The molecule has 1 aromatic rings. The zero-order chi connectivity index (χ0) is 17.5. The summed E-state index contributed by atoms with van der Waals surface area (Å²) in [5.41, 5.74) is 2.31. The predicted octanol–water partition coefficient (Wildman–Crippen LogP) is 3.18. The third kappa shape index (κ3) is 5.48. The zero-order valence-corrected chi connectivity index (χ0v) is 16.3. The van der Waals surface area contributed by atoms with Crippen molar-refractivity contribution < 1.29 is 4.79 Å². The number of rotatable bonds is 7. The summed E-state index contributed by atoms with van der Waals surface area (Å²) in [6.07, 6.45) is 8.65. The lowest BCUT2D eigenvalue weighted by molar-refractivity contribution is -0.120. The molecular weight excluding hydrogens is 332 g/mol. The minimum absolute atomic E-state index is 0.132. The Labute approximate surface area is 155 Å². The van der Waals surface area contributed by atoms with Gasteiger partial charge in [0.1, 0.15) is 0 Å². The summed E-state index contributed by atoms with van der Waals surface area (Å²) in [7, 11) is 0. The highest BCUT2D eigenvalue weighted by Gasteiger charge is 2.24. The van der Waals surface area contributed by atoms with Crippen LogP contribution >= 0.6 is 11.8 Å². The average Bonchev–Trinajstić information content (AvgIpc) is 2.91. The number of fused-ring (bicyclic) bond motifs is 1. The van der Waals surface area contributed by atoms with Crippen LogP contribution in [-0.4, -0.2) is 44.7 Å². The molecule has 25 heavy (non-hydrogen) atoms. The summed E-state index contributed by atoms with van der Waals surface area (Å²) < 4.78 is 2.16. The van der Waals surface area contributed by atoms with Gasteiger partial charge in [-0.2, -0.15) is 16.9 Å². The van der Waals surface area contributed by atoms with E-state index in [1.165, 1.54) is 50.8 Å². The van der Waals surface area contributed by atoms with Gasteiger partial charge in [0.25, 0.3) is 0 Å². The SMILES string of the molecule is CCSCCC(=O)NCc1cc2n(n1)CCCN(C1CCCCC1)C2. The molecule has 3 rings (SSSR count). The van der Waals surface area contributed by atoms with Crippen LogP contribution < -0.4 is 5.32 Å². The first-order chi connectivity index (χ1) is 12.3. The van der Waals surface area contributed by atoms with Crippen molar-refractivity contribution in [3.8, 4) is 0 Å². The van der Waals surface area contributed by atoms with Crippen molar-refractivity contribution in [1.82, 2.24) is 20.0 Å². The van der Waals surface area contributed by atoms with Gasteiger partial charge in [0.15, 0.2) is 0 Å². The molecule has 1 aromatic heterocycles. The van der Waals surface area contributed by atoms with E-state index in [9.17, 15) is 4.79 Å². The number of nitrogens with zero attached hydrogens (tertiary/aromatic N) is 3. The molecule has 0 atom stereocenters. The first-order valence-electron chi connectivity index (χ1n) is 9.90. The Hall–Kier alpha value is -1.01. The van der Waals surface area contributed by atoms with Crippen LogP contribution in [0.15, 0.2) is 6.07 Å². The Bertz CT molecular complexity index is 554. The van der Waals surface area contributed by atoms with E-state index >= 15 is 0 Å². The van der Waals surface area contributed by atoms with E-state index in [2.05, 4.69) is 27.9 Å². The molecule has 1 N–H and O–H groups in total. The summed E-state index contributed by atoms with van der Waals surface area (Å²) >= 11 is 1.81. The Morgan fingerprint density at radius 2 is 2.12 bits per heavy atom. The maximum absolute atomic E-state index is 11.9. The van der Waals surface area contributed by atoms with Crippen LogP contribution in [0.25, 0.3) is 0 Å². The van der Waals surface area contributed by atoms with Crippen molar-refractivity contribution in [2.24, 2.45) is 0 Å². The lowest BCUT2D eigenvalue weighted by atomic mass is 9.94. The van der Waals surface area contributed by atoms with E-state index in [0.717, 1.165) is 36.3 Å². The molecule has 0 spiro atoms. The van der Waals surface area contributed by atoms with E-state index in [1.807, 2.05) is 11.8 Å². The fraction of sp³-hybridized carbons (Fsp3) is 0.789. The Balaban J connectivity index is 1.53. The number of aromatic nitrogens is 2. The van der Waals surface area contributed by atoms with Crippen molar-refractivity contribution in [2.75, 3.05) is 18.1 Å². The predicted molar refractivity (Wildman–Crippen MR) is 104 cm³/mol. The zero-order valence-electron chi connectivity index (χ0n) is 15.5. The Morgan fingerprint density at radius 1 is 1.28 bits per heavy atom. The minimum Gasteiger partial charge on any atom is -0.350 e. The number of carbonyl (C=O) groups is 1. The van der Waals surface area contributed by atoms with Gasteiger partial charge in [0.2, 0.25) is 5.91 Å². The molecule has 6 heteroatoms. The summed E-state index contributed by atoms with van der Waals surface area (Å²) in [4.78, 5) is 14.6. The standard InChI is InChI=1S/C19H32N4OS/c1-2-25-12-9-19(24)20-14-16-13-18-15-22(10-6-11-23(18)21-16)17-7-4-3-5-8-17/h13,17H,2-12,14-15H2,1H3,(H,20,24). The first-order valence-corrected chi connectivity index (χ1v) is 11.1. The topological polar surface area (TPSA) is 50.2 Å². The molecule has 140 valence electrons. The quantitative estimate of drug-likeness (QED) is 0.755. The smallest absolute Gasteiger partial charge is 0.221 e. The molecule has 0 aromatic carbocycles. The Morgan fingerprint density at radius 3 is 2.92 bits per heavy atom. The lowest BCUT2D eigenvalue weighted by Gasteiger charge is -2.33. The van der Waals surface area contributed by atoms with Gasteiger partial charge < -0.3 is 5.32 Å².